The highest BCUT2D eigenvalue weighted by molar-refractivity contribution is 5.94. The Morgan fingerprint density at radius 3 is 2.00 bits per heavy atom. The number of alkyl halides is 3. The second-order valence-electron chi connectivity index (χ2n) is 6.39. The van der Waals surface area contributed by atoms with Gasteiger partial charge in [0.05, 0.1) is 17.1 Å². The molecule has 6 nitrogen and oxygen atoms in total. The minimum atomic E-state index is -4.96. The Morgan fingerprint density at radius 1 is 0.871 bits per heavy atom. The van der Waals surface area contributed by atoms with Gasteiger partial charge in [0, 0.05) is 5.56 Å². The van der Waals surface area contributed by atoms with Gasteiger partial charge in [-0.2, -0.15) is 4.84 Å². The molecule has 31 heavy (non-hydrogen) atoms. The Labute approximate surface area is 177 Å². The van der Waals surface area contributed by atoms with Crippen LogP contribution in [0.25, 0.3) is 0 Å². The SMILES string of the molecule is CC(=O)c1ccc(N(CONc2ccccc2)N(OC(F)(F)F)c2ccccc2)cc1. The number of rotatable bonds is 9. The largest absolute Gasteiger partial charge is 0.545 e. The fourth-order valence-corrected chi connectivity index (χ4v) is 2.68. The molecular weight excluding hydrogens is 411 g/mol. The van der Waals surface area contributed by atoms with Crippen LogP contribution in [0.5, 0.6) is 0 Å². The van der Waals surface area contributed by atoms with E-state index in [2.05, 4.69) is 10.3 Å². The van der Waals surface area contributed by atoms with Gasteiger partial charge >= 0.3 is 6.36 Å². The number of carbonyl (C=O) groups is 1. The summed E-state index contributed by atoms with van der Waals surface area (Å²) in [7, 11) is 0. The number of benzene rings is 3. The summed E-state index contributed by atoms with van der Waals surface area (Å²) in [6, 6.07) is 22.7. The van der Waals surface area contributed by atoms with Crippen LogP contribution in [0.2, 0.25) is 0 Å². The highest BCUT2D eigenvalue weighted by atomic mass is 19.4. The van der Waals surface area contributed by atoms with Crippen molar-refractivity contribution in [3.05, 3.63) is 90.5 Å². The van der Waals surface area contributed by atoms with Crippen molar-refractivity contribution in [3.8, 4) is 0 Å². The number of carbonyl (C=O) groups excluding carboxylic acids is 1. The summed E-state index contributed by atoms with van der Waals surface area (Å²) < 4.78 is 39.7. The summed E-state index contributed by atoms with van der Waals surface area (Å²) in [5.41, 5.74) is 4.17. The maximum atomic E-state index is 13.2. The molecule has 3 rings (SSSR count). The lowest BCUT2D eigenvalue weighted by molar-refractivity contribution is -0.331. The number of anilines is 3. The topological polar surface area (TPSA) is 54.0 Å². The first kappa shape index (κ1) is 22.1. The first-order chi connectivity index (χ1) is 14.8. The van der Waals surface area contributed by atoms with Gasteiger partial charge in [0.25, 0.3) is 0 Å². The molecule has 3 aromatic carbocycles. The van der Waals surface area contributed by atoms with Crippen molar-refractivity contribution in [1.29, 1.82) is 0 Å². The molecule has 0 aliphatic rings. The van der Waals surface area contributed by atoms with E-state index in [4.69, 9.17) is 4.84 Å². The van der Waals surface area contributed by atoms with E-state index >= 15 is 0 Å². The molecule has 0 spiro atoms. The van der Waals surface area contributed by atoms with Gasteiger partial charge in [-0.05, 0) is 55.5 Å². The van der Waals surface area contributed by atoms with E-state index in [0.29, 0.717) is 22.1 Å². The lowest BCUT2D eigenvalue weighted by Gasteiger charge is -2.36. The van der Waals surface area contributed by atoms with Crippen molar-refractivity contribution >= 4 is 22.8 Å². The highest BCUT2D eigenvalue weighted by Gasteiger charge is 2.36. The maximum Gasteiger partial charge on any atom is 0.545 e. The summed E-state index contributed by atoms with van der Waals surface area (Å²) in [6.07, 6.45) is -4.96. The van der Waals surface area contributed by atoms with Crippen LogP contribution in [-0.2, 0) is 9.68 Å². The molecule has 0 aromatic heterocycles. The van der Waals surface area contributed by atoms with Crippen LogP contribution < -0.4 is 15.7 Å². The summed E-state index contributed by atoms with van der Waals surface area (Å²) in [6.45, 7) is 1.06. The number of ketones is 1. The second kappa shape index (κ2) is 9.96. The van der Waals surface area contributed by atoms with Crippen LogP contribution in [0, 0.1) is 0 Å². The van der Waals surface area contributed by atoms with E-state index in [1.54, 1.807) is 42.5 Å². The van der Waals surface area contributed by atoms with E-state index in [1.165, 1.54) is 43.3 Å². The van der Waals surface area contributed by atoms with Crippen molar-refractivity contribution < 1.29 is 27.6 Å². The Balaban J connectivity index is 1.91. The fraction of sp³-hybridized carbons (Fsp3) is 0.136. The minimum Gasteiger partial charge on any atom is -0.295 e. The summed E-state index contributed by atoms with van der Waals surface area (Å²) in [4.78, 5) is 21.3. The van der Waals surface area contributed by atoms with Crippen molar-refractivity contribution in [2.24, 2.45) is 0 Å². The van der Waals surface area contributed by atoms with Crippen LogP contribution in [-0.4, -0.2) is 18.9 Å². The first-order valence-corrected chi connectivity index (χ1v) is 9.26. The number of Topliss-reactive ketones (excluding diaryl/α,β-unsaturated/α-hetero) is 1. The second-order valence-corrected chi connectivity index (χ2v) is 6.39. The Hall–Kier alpha value is -3.56. The number of hydrogen-bond acceptors (Lipinski definition) is 6. The van der Waals surface area contributed by atoms with Crippen LogP contribution in [0.1, 0.15) is 17.3 Å². The first-order valence-electron chi connectivity index (χ1n) is 9.26. The number of nitrogens with zero attached hydrogens (tertiary/aromatic N) is 2. The third-order valence-electron chi connectivity index (χ3n) is 4.11. The Bertz CT molecular complexity index is 968. The van der Waals surface area contributed by atoms with Crippen LogP contribution in [0.3, 0.4) is 0 Å². The normalized spacial score (nSPS) is 11.1. The van der Waals surface area contributed by atoms with Gasteiger partial charge in [0.2, 0.25) is 0 Å². The van der Waals surface area contributed by atoms with Crippen LogP contribution >= 0.6 is 0 Å². The summed E-state index contributed by atoms with van der Waals surface area (Å²) in [5, 5.41) is 1.73. The minimum absolute atomic E-state index is 0.124. The lowest BCUT2D eigenvalue weighted by Crippen LogP contribution is -2.47. The van der Waals surface area contributed by atoms with Crippen LogP contribution in [0.4, 0.5) is 30.2 Å². The molecule has 0 aliphatic carbocycles. The molecular formula is C22H20F3N3O3. The smallest absolute Gasteiger partial charge is 0.295 e. The number of halogens is 3. The molecule has 0 saturated heterocycles. The van der Waals surface area contributed by atoms with Gasteiger partial charge in [-0.25, -0.2) is 5.01 Å². The standard InChI is InChI=1S/C22H20F3N3O3/c1-17(29)18-12-14-20(15-13-18)27(16-30-26-19-8-4-2-5-9-19)28(31-22(23,24)25)21-10-6-3-7-11-21/h2-15,26H,16H2,1H3. The number of nitrogens with one attached hydrogen (secondary N) is 1. The average molecular weight is 431 g/mol. The molecule has 0 amide bonds. The van der Waals surface area contributed by atoms with E-state index in [0.717, 1.165) is 5.01 Å². The third-order valence-corrected chi connectivity index (χ3v) is 4.11. The predicted molar refractivity (Wildman–Crippen MR) is 111 cm³/mol. The molecule has 3 aromatic rings. The average Bonchev–Trinajstić information content (AvgIpc) is 2.76. The number of para-hydroxylation sites is 2. The highest BCUT2D eigenvalue weighted by Crippen LogP contribution is 2.29. The zero-order chi connectivity index (χ0) is 22.3. The molecule has 162 valence electrons. The number of hydrazine groups is 1. The van der Waals surface area contributed by atoms with E-state index < -0.39 is 6.36 Å². The van der Waals surface area contributed by atoms with Crippen molar-refractivity contribution in [2.75, 3.05) is 22.4 Å². The van der Waals surface area contributed by atoms with Crippen molar-refractivity contribution in [3.63, 3.8) is 0 Å². The Kier molecular flexibility index (Phi) is 7.11. The van der Waals surface area contributed by atoms with Gasteiger partial charge in [-0.1, -0.05) is 36.4 Å². The monoisotopic (exact) mass is 431 g/mol. The van der Waals surface area contributed by atoms with Gasteiger partial charge < -0.3 is 0 Å². The molecule has 0 bridgehead atoms. The Morgan fingerprint density at radius 2 is 1.45 bits per heavy atom. The van der Waals surface area contributed by atoms with Crippen molar-refractivity contribution in [2.45, 2.75) is 13.3 Å². The zero-order valence-corrected chi connectivity index (χ0v) is 16.5. The van der Waals surface area contributed by atoms with E-state index in [1.807, 2.05) is 6.07 Å². The molecule has 9 heteroatoms. The molecule has 0 atom stereocenters. The molecule has 0 aliphatic heterocycles. The predicted octanol–water partition coefficient (Wildman–Crippen LogP) is 5.57. The fourth-order valence-electron chi connectivity index (χ4n) is 2.68. The van der Waals surface area contributed by atoms with Crippen molar-refractivity contribution in [1.82, 2.24) is 0 Å². The quantitative estimate of drug-likeness (QED) is 0.272. The zero-order valence-electron chi connectivity index (χ0n) is 16.5. The molecule has 1 N–H and O–H groups in total. The summed E-state index contributed by atoms with van der Waals surface area (Å²) >= 11 is 0. The summed E-state index contributed by atoms with van der Waals surface area (Å²) in [5.74, 6) is -0.161. The van der Waals surface area contributed by atoms with E-state index in [-0.39, 0.29) is 18.2 Å². The van der Waals surface area contributed by atoms with Gasteiger partial charge in [-0.15, -0.1) is 18.3 Å². The molecule has 0 saturated carbocycles. The maximum absolute atomic E-state index is 13.2. The van der Waals surface area contributed by atoms with E-state index in [9.17, 15) is 18.0 Å². The van der Waals surface area contributed by atoms with Gasteiger partial charge in [0.15, 0.2) is 12.5 Å². The third kappa shape index (κ3) is 6.46. The molecule has 0 fully saturated rings. The van der Waals surface area contributed by atoms with Gasteiger partial charge in [0.1, 0.15) is 0 Å². The van der Waals surface area contributed by atoms with Gasteiger partial charge in [-0.3, -0.25) is 15.1 Å². The van der Waals surface area contributed by atoms with Crippen LogP contribution in [0.15, 0.2) is 84.9 Å². The number of hydrogen-bond donors (Lipinski definition) is 1. The lowest BCUT2D eigenvalue weighted by atomic mass is 10.1. The molecule has 0 radical (unpaired) electrons. The molecule has 0 heterocycles. The molecule has 0 unspecified atom stereocenters.